The molecule has 7 heteroatoms. The average molecular weight is 269 g/mol. The Hall–Kier alpha value is -1.11. The van der Waals surface area contributed by atoms with Crippen LogP contribution in [0.1, 0.15) is 27.7 Å². The zero-order chi connectivity index (χ0) is 14.5. The lowest BCUT2D eigenvalue weighted by molar-refractivity contribution is -0.213. The third kappa shape index (κ3) is 6.00. The second kappa shape index (κ2) is 6.72. The highest BCUT2D eigenvalue weighted by Gasteiger charge is 2.37. The van der Waals surface area contributed by atoms with Crippen LogP contribution in [0.4, 0.5) is 13.2 Å². The maximum Gasteiger partial charge on any atom is 0.414 e. The van der Waals surface area contributed by atoms with E-state index in [2.05, 4.69) is 10.1 Å². The van der Waals surface area contributed by atoms with Crippen LogP contribution in [0.5, 0.6) is 0 Å². The van der Waals surface area contributed by atoms with Crippen molar-refractivity contribution in [1.82, 2.24) is 5.32 Å². The molecule has 1 amide bonds. The largest absolute Gasteiger partial charge is 0.414 e. The molecule has 0 aliphatic carbocycles. The number of hydrogen-bond donors (Lipinski definition) is 1. The van der Waals surface area contributed by atoms with E-state index in [0.29, 0.717) is 0 Å². The second-order valence-electron chi connectivity index (χ2n) is 4.39. The number of nitrogens with one attached hydrogen (secondary N) is 1. The summed E-state index contributed by atoms with van der Waals surface area (Å²) < 4.78 is 40.7. The highest BCUT2D eigenvalue weighted by atomic mass is 19.4. The van der Waals surface area contributed by atoms with Crippen LogP contribution in [0.2, 0.25) is 0 Å². The summed E-state index contributed by atoms with van der Waals surface area (Å²) in [5.41, 5.74) is 0. The molecule has 0 bridgehead atoms. The highest BCUT2D eigenvalue weighted by Crippen LogP contribution is 2.22. The Morgan fingerprint density at radius 2 is 1.72 bits per heavy atom. The smallest absolute Gasteiger partial charge is 0.359 e. The lowest BCUT2D eigenvalue weighted by Crippen LogP contribution is -2.45. The Kier molecular flexibility index (Phi) is 6.31. The van der Waals surface area contributed by atoms with Gasteiger partial charge in [0.25, 0.3) is 0 Å². The minimum Gasteiger partial charge on any atom is -0.359 e. The van der Waals surface area contributed by atoms with Crippen LogP contribution in [0.3, 0.4) is 0 Å². The van der Waals surface area contributed by atoms with Gasteiger partial charge in [0, 0.05) is 0 Å². The Balaban J connectivity index is 4.23. The van der Waals surface area contributed by atoms with E-state index in [0.717, 1.165) is 6.92 Å². The van der Waals surface area contributed by atoms with E-state index in [1.165, 1.54) is 6.92 Å². The minimum absolute atomic E-state index is 0.133. The van der Waals surface area contributed by atoms with E-state index < -0.39 is 30.8 Å². The molecule has 2 unspecified atom stereocenters. The fourth-order valence-corrected chi connectivity index (χ4v) is 1.25. The van der Waals surface area contributed by atoms with Crippen LogP contribution in [0.25, 0.3) is 0 Å². The lowest BCUT2D eigenvalue weighted by atomic mass is 10.0. The molecule has 106 valence electrons. The molecule has 1 N–H and O–H groups in total. The highest BCUT2D eigenvalue weighted by molar-refractivity contribution is 5.88. The van der Waals surface area contributed by atoms with E-state index in [4.69, 9.17) is 0 Å². The molecular weight excluding hydrogens is 251 g/mol. The van der Waals surface area contributed by atoms with Gasteiger partial charge in [-0.1, -0.05) is 13.8 Å². The van der Waals surface area contributed by atoms with Gasteiger partial charge in [0.05, 0.1) is 6.04 Å². The summed E-state index contributed by atoms with van der Waals surface area (Å²) in [7, 11) is 0. The fraction of sp³-hybridized carbons (Fsp3) is 0.818. The molecule has 0 aliphatic heterocycles. The predicted octanol–water partition coefficient (Wildman–Crippen LogP) is 1.68. The Bertz CT molecular complexity index is 302. The van der Waals surface area contributed by atoms with Crippen molar-refractivity contribution in [2.75, 3.05) is 6.61 Å². The summed E-state index contributed by atoms with van der Waals surface area (Å²) in [5.74, 6) is -1.12. The number of halogens is 3. The van der Waals surface area contributed by atoms with Crippen molar-refractivity contribution >= 4 is 11.7 Å². The standard InChI is InChI=1S/C11H18F3NO3/c1-6(2)10(7(3)16)15-9(17)5-18-8(4)11(12,13)14/h6,8,10H,5H2,1-4H3,(H,15,17). The van der Waals surface area contributed by atoms with Gasteiger partial charge in [0.2, 0.25) is 5.91 Å². The number of carbonyl (C=O) groups is 2. The molecular formula is C11H18F3NO3. The zero-order valence-electron chi connectivity index (χ0n) is 10.8. The van der Waals surface area contributed by atoms with Crippen molar-refractivity contribution in [2.45, 2.75) is 46.0 Å². The maximum absolute atomic E-state index is 12.1. The van der Waals surface area contributed by atoms with Gasteiger partial charge in [-0.15, -0.1) is 0 Å². The third-order valence-electron chi connectivity index (χ3n) is 2.35. The molecule has 0 aromatic rings. The number of alkyl halides is 3. The topological polar surface area (TPSA) is 55.4 Å². The van der Waals surface area contributed by atoms with Gasteiger partial charge in [-0.25, -0.2) is 0 Å². The minimum atomic E-state index is -4.50. The number of hydrogen-bond acceptors (Lipinski definition) is 3. The van der Waals surface area contributed by atoms with E-state index in [1.807, 2.05) is 0 Å². The summed E-state index contributed by atoms with van der Waals surface area (Å²) >= 11 is 0. The van der Waals surface area contributed by atoms with Crippen LogP contribution in [0.15, 0.2) is 0 Å². The van der Waals surface area contributed by atoms with Gasteiger partial charge in [-0.2, -0.15) is 13.2 Å². The molecule has 0 spiro atoms. The summed E-state index contributed by atoms with van der Waals surface area (Å²) in [5, 5.41) is 2.34. The SMILES string of the molecule is CC(=O)C(NC(=O)COC(C)C(F)(F)F)C(C)C. The lowest BCUT2D eigenvalue weighted by Gasteiger charge is -2.21. The average Bonchev–Trinajstić information content (AvgIpc) is 2.19. The van der Waals surface area contributed by atoms with Crippen LogP contribution in [-0.2, 0) is 14.3 Å². The first-order chi connectivity index (χ1) is 8.05. The Morgan fingerprint density at radius 1 is 1.22 bits per heavy atom. The van der Waals surface area contributed by atoms with Crippen LogP contribution in [0, 0.1) is 5.92 Å². The second-order valence-corrected chi connectivity index (χ2v) is 4.39. The van der Waals surface area contributed by atoms with Crippen molar-refractivity contribution < 1.29 is 27.5 Å². The van der Waals surface area contributed by atoms with E-state index in [9.17, 15) is 22.8 Å². The maximum atomic E-state index is 12.1. The molecule has 0 rings (SSSR count). The molecule has 18 heavy (non-hydrogen) atoms. The zero-order valence-corrected chi connectivity index (χ0v) is 10.8. The van der Waals surface area contributed by atoms with Crippen LogP contribution in [-0.4, -0.2) is 36.6 Å². The molecule has 0 radical (unpaired) electrons. The quantitative estimate of drug-likeness (QED) is 0.798. The number of rotatable bonds is 6. The summed E-state index contributed by atoms with van der Waals surface area (Å²) in [6, 6.07) is -0.706. The third-order valence-corrected chi connectivity index (χ3v) is 2.35. The fourth-order valence-electron chi connectivity index (χ4n) is 1.25. The first-order valence-corrected chi connectivity index (χ1v) is 5.53. The molecule has 0 saturated heterocycles. The van der Waals surface area contributed by atoms with Crippen molar-refractivity contribution in [3.05, 3.63) is 0 Å². The summed E-state index contributed by atoms with van der Waals surface area (Å²) in [6.45, 7) is 4.86. The molecule has 0 aliphatic rings. The van der Waals surface area contributed by atoms with Crippen molar-refractivity contribution in [1.29, 1.82) is 0 Å². The molecule has 0 fully saturated rings. The normalized spacial score (nSPS) is 15.3. The van der Waals surface area contributed by atoms with Gasteiger partial charge >= 0.3 is 6.18 Å². The summed E-state index contributed by atoms with van der Waals surface area (Å²) in [6.07, 6.45) is -6.52. The van der Waals surface area contributed by atoms with Gasteiger partial charge in [-0.05, 0) is 19.8 Å². The van der Waals surface area contributed by atoms with E-state index in [1.54, 1.807) is 13.8 Å². The van der Waals surface area contributed by atoms with Gasteiger partial charge in [0.15, 0.2) is 11.9 Å². The molecule has 0 aromatic carbocycles. The van der Waals surface area contributed by atoms with E-state index >= 15 is 0 Å². The summed E-state index contributed by atoms with van der Waals surface area (Å²) in [4.78, 5) is 22.5. The molecule has 0 aromatic heterocycles. The van der Waals surface area contributed by atoms with Gasteiger partial charge < -0.3 is 10.1 Å². The number of Topliss-reactive ketones (excluding diaryl/α,β-unsaturated/α-hetero) is 1. The number of carbonyl (C=O) groups excluding carboxylic acids is 2. The van der Waals surface area contributed by atoms with Crippen molar-refractivity contribution in [2.24, 2.45) is 5.92 Å². The van der Waals surface area contributed by atoms with Crippen molar-refractivity contribution in [3.63, 3.8) is 0 Å². The predicted molar refractivity (Wildman–Crippen MR) is 58.9 cm³/mol. The Morgan fingerprint density at radius 3 is 2.06 bits per heavy atom. The first-order valence-electron chi connectivity index (χ1n) is 5.53. The molecule has 4 nitrogen and oxygen atoms in total. The first kappa shape index (κ1) is 16.9. The van der Waals surface area contributed by atoms with Gasteiger partial charge in [0.1, 0.15) is 6.61 Å². The van der Waals surface area contributed by atoms with Gasteiger partial charge in [-0.3, -0.25) is 9.59 Å². The molecule has 0 heterocycles. The Labute approximate surface area is 104 Å². The molecule has 0 saturated carbocycles. The number of ketones is 1. The number of amides is 1. The monoisotopic (exact) mass is 269 g/mol. The van der Waals surface area contributed by atoms with Crippen molar-refractivity contribution in [3.8, 4) is 0 Å². The van der Waals surface area contributed by atoms with Crippen LogP contribution < -0.4 is 5.32 Å². The van der Waals surface area contributed by atoms with E-state index in [-0.39, 0.29) is 11.7 Å². The number of ether oxygens (including phenoxy) is 1. The molecule has 2 atom stereocenters. The van der Waals surface area contributed by atoms with Crippen LogP contribution >= 0.6 is 0 Å².